The molecule has 1 amide bonds. The van der Waals surface area contributed by atoms with Gasteiger partial charge in [-0.15, -0.1) is 0 Å². The lowest BCUT2D eigenvalue weighted by Gasteiger charge is -2.31. The molecule has 0 unspecified atom stereocenters. The van der Waals surface area contributed by atoms with E-state index in [1.807, 2.05) is 11.0 Å². The summed E-state index contributed by atoms with van der Waals surface area (Å²) in [5.41, 5.74) is 1.61. The van der Waals surface area contributed by atoms with Gasteiger partial charge in [-0.3, -0.25) is 4.79 Å². The first kappa shape index (κ1) is 19.6. The summed E-state index contributed by atoms with van der Waals surface area (Å²) in [6.07, 6.45) is 4.16. The molecule has 6 heteroatoms. The summed E-state index contributed by atoms with van der Waals surface area (Å²) in [7, 11) is 1.51. The molecule has 5 nitrogen and oxygen atoms in total. The standard InChI is InChI=1S/C23H26FNO4/c1-28-20-8-18(24)9-21(11-20)29-14-16-4-2-15(3-5-16)12-25-13-17-6-7-19(26)10-22(17)23(25)27/h6-11,15-16,26H,2-5,12-14H2,1H3. The van der Waals surface area contributed by atoms with Crippen LogP contribution in [0.5, 0.6) is 17.2 Å². The molecule has 2 aromatic carbocycles. The number of fused-ring (bicyclic) bond motifs is 1. The second-order valence-corrected chi connectivity index (χ2v) is 8.05. The summed E-state index contributed by atoms with van der Waals surface area (Å²) < 4.78 is 24.4. The van der Waals surface area contributed by atoms with Crippen LogP contribution in [0.1, 0.15) is 41.6 Å². The summed E-state index contributed by atoms with van der Waals surface area (Å²) in [6, 6.07) is 9.43. The SMILES string of the molecule is COc1cc(F)cc(OCC2CCC(CN3Cc4ccc(O)cc4C3=O)CC2)c1. The molecule has 0 spiro atoms. The van der Waals surface area contributed by atoms with Gasteiger partial charge in [0.25, 0.3) is 5.91 Å². The molecule has 1 N–H and O–H groups in total. The Kier molecular flexibility index (Phi) is 5.60. The van der Waals surface area contributed by atoms with Gasteiger partial charge >= 0.3 is 0 Å². The van der Waals surface area contributed by atoms with Crippen LogP contribution in [0.25, 0.3) is 0 Å². The normalized spacial score (nSPS) is 21.2. The third-order valence-electron chi connectivity index (χ3n) is 5.98. The zero-order chi connectivity index (χ0) is 20.4. The average molecular weight is 399 g/mol. The van der Waals surface area contributed by atoms with Crippen molar-refractivity contribution in [2.75, 3.05) is 20.3 Å². The van der Waals surface area contributed by atoms with Crippen molar-refractivity contribution in [3.8, 4) is 17.2 Å². The van der Waals surface area contributed by atoms with E-state index < -0.39 is 0 Å². The molecule has 0 aromatic heterocycles. The monoisotopic (exact) mass is 399 g/mol. The molecule has 29 heavy (non-hydrogen) atoms. The maximum Gasteiger partial charge on any atom is 0.254 e. The van der Waals surface area contributed by atoms with Crippen LogP contribution in [-0.2, 0) is 6.54 Å². The largest absolute Gasteiger partial charge is 0.508 e. The second kappa shape index (κ2) is 8.31. The van der Waals surface area contributed by atoms with E-state index in [1.165, 1.54) is 19.2 Å². The molecule has 0 saturated heterocycles. The second-order valence-electron chi connectivity index (χ2n) is 8.05. The molecule has 0 bridgehead atoms. The summed E-state index contributed by atoms with van der Waals surface area (Å²) in [5, 5.41) is 9.62. The van der Waals surface area contributed by atoms with Crippen molar-refractivity contribution in [3.63, 3.8) is 0 Å². The van der Waals surface area contributed by atoms with Gasteiger partial charge in [0.15, 0.2) is 0 Å². The van der Waals surface area contributed by atoms with Crippen molar-refractivity contribution in [2.45, 2.75) is 32.2 Å². The quantitative estimate of drug-likeness (QED) is 0.783. The number of amides is 1. The van der Waals surface area contributed by atoms with Gasteiger partial charge in [-0.2, -0.15) is 0 Å². The molecule has 4 rings (SSSR count). The predicted octanol–water partition coefficient (Wildman–Crippen LogP) is 4.38. The van der Waals surface area contributed by atoms with Crippen LogP contribution in [0.15, 0.2) is 36.4 Å². The Labute approximate surface area is 170 Å². The van der Waals surface area contributed by atoms with Crippen LogP contribution in [-0.4, -0.2) is 36.2 Å². The van der Waals surface area contributed by atoms with Crippen LogP contribution in [0.3, 0.4) is 0 Å². The van der Waals surface area contributed by atoms with Crippen LogP contribution in [0, 0.1) is 17.7 Å². The van der Waals surface area contributed by atoms with Crippen molar-refractivity contribution in [3.05, 3.63) is 53.3 Å². The van der Waals surface area contributed by atoms with E-state index in [2.05, 4.69) is 0 Å². The summed E-state index contributed by atoms with van der Waals surface area (Å²) in [5.74, 6) is 1.64. The zero-order valence-corrected chi connectivity index (χ0v) is 16.6. The highest BCUT2D eigenvalue weighted by Crippen LogP contribution is 2.33. The third-order valence-corrected chi connectivity index (χ3v) is 5.98. The highest BCUT2D eigenvalue weighted by Gasteiger charge is 2.31. The maximum atomic E-state index is 13.6. The van der Waals surface area contributed by atoms with Crippen molar-refractivity contribution in [1.29, 1.82) is 0 Å². The molecule has 2 aliphatic rings. The van der Waals surface area contributed by atoms with Crippen molar-refractivity contribution in [1.82, 2.24) is 4.90 Å². The first-order valence-corrected chi connectivity index (χ1v) is 10.1. The number of halogens is 1. The third kappa shape index (κ3) is 4.47. The van der Waals surface area contributed by atoms with E-state index in [-0.39, 0.29) is 17.5 Å². The van der Waals surface area contributed by atoms with Crippen molar-refractivity contribution >= 4 is 5.91 Å². The van der Waals surface area contributed by atoms with Crippen molar-refractivity contribution < 1.29 is 23.8 Å². The summed E-state index contributed by atoms with van der Waals surface area (Å²) in [4.78, 5) is 14.5. The smallest absolute Gasteiger partial charge is 0.254 e. The lowest BCUT2D eigenvalue weighted by Crippen LogP contribution is -2.32. The van der Waals surface area contributed by atoms with Gasteiger partial charge in [-0.05, 0) is 55.2 Å². The number of phenols is 1. The number of aromatic hydroxyl groups is 1. The first-order valence-electron chi connectivity index (χ1n) is 10.1. The molecule has 0 atom stereocenters. The van der Waals surface area contributed by atoms with E-state index in [4.69, 9.17) is 9.47 Å². The number of hydrogen-bond acceptors (Lipinski definition) is 4. The van der Waals surface area contributed by atoms with Gasteiger partial charge in [0.05, 0.1) is 13.7 Å². The van der Waals surface area contributed by atoms with Gasteiger partial charge < -0.3 is 19.5 Å². The van der Waals surface area contributed by atoms with Gasteiger partial charge in [-0.25, -0.2) is 4.39 Å². The number of methoxy groups -OCH3 is 1. The fraction of sp³-hybridized carbons (Fsp3) is 0.435. The molecular weight excluding hydrogens is 373 g/mol. The Morgan fingerprint density at radius 2 is 1.79 bits per heavy atom. The number of rotatable bonds is 6. The minimum absolute atomic E-state index is 0.0152. The lowest BCUT2D eigenvalue weighted by atomic mass is 9.82. The molecule has 154 valence electrons. The zero-order valence-electron chi connectivity index (χ0n) is 16.6. The number of ether oxygens (including phenoxy) is 2. The number of phenolic OH excluding ortho intramolecular Hbond substituents is 1. The first-order chi connectivity index (χ1) is 14.0. The minimum atomic E-state index is -0.368. The summed E-state index contributed by atoms with van der Waals surface area (Å²) in [6.45, 7) is 1.94. The molecule has 1 aliphatic carbocycles. The molecular formula is C23H26FNO4. The van der Waals surface area contributed by atoms with Crippen LogP contribution >= 0.6 is 0 Å². The minimum Gasteiger partial charge on any atom is -0.508 e. The molecule has 2 aromatic rings. The van der Waals surface area contributed by atoms with Gasteiger partial charge in [0.1, 0.15) is 23.1 Å². The van der Waals surface area contributed by atoms with Crippen LogP contribution < -0.4 is 9.47 Å². The van der Waals surface area contributed by atoms with E-state index >= 15 is 0 Å². The molecule has 1 aliphatic heterocycles. The number of carbonyl (C=O) groups is 1. The Morgan fingerprint density at radius 1 is 1.07 bits per heavy atom. The Balaban J connectivity index is 1.25. The Bertz CT molecular complexity index is 892. The van der Waals surface area contributed by atoms with Crippen LogP contribution in [0.2, 0.25) is 0 Å². The molecule has 0 radical (unpaired) electrons. The predicted molar refractivity (Wildman–Crippen MR) is 107 cm³/mol. The lowest BCUT2D eigenvalue weighted by molar-refractivity contribution is 0.0721. The van der Waals surface area contributed by atoms with Gasteiger partial charge in [-0.1, -0.05) is 6.07 Å². The van der Waals surface area contributed by atoms with E-state index in [9.17, 15) is 14.3 Å². The van der Waals surface area contributed by atoms with Crippen LogP contribution in [0.4, 0.5) is 4.39 Å². The molecule has 1 heterocycles. The van der Waals surface area contributed by atoms with Gasteiger partial charge in [0, 0.05) is 36.9 Å². The number of carbonyl (C=O) groups excluding carboxylic acids is 1. The van der Waals surface area contributed by atoms with Gasteiger partial charge in [0.2, 0.25) is 0 Å². The van der Waals surface area contributed by atoms with E-state index in [0.29, 0.717) is 42.0 Å². The number of benzene rings is 2. The highest BCUT2D eigenvalue weighted by atomic mass is 19.1. The maximum absolute atomic E-state index is 13.6. The fourth-order valence-electron chi connectivity index (χ4n) is 4.34. The number of nitrogens with zero attached hydrogens (tertiary/aromatic N) is 1. The molecule has 1 fully saturated rings. The Morgan fingerprint density at radius 3 is 2.55 bits per heavy atom. The summed E-state index contributed by atoms with van der Waals surface area (Å²) >= 11 is 0. The molecule has 1 saturated carbocycles. The fourth-order valence-corrected chi connectivity index (χ4v) is 4.34. The Hall–Kier alpha value is -2.76. The topological polar surface area (TPSA) is 59.0 Å². The van der Waals surface area contributed by atoms with E-state index in [0.717, 1.165) is 37.8 Å². The number of hydrogen-bond donors (Lipinski definition) is 1. The highest BCUT2D eigenvalue weighted by molar-refractivity contribution is 5.98. The van der Waals surface area contributed by atoms with E-state index in [1.54, 1.807) is 18.2 Å². The average Bonchev–Trinajstić information content (AvgIpc) is 3.02. The van der Waals surface area contributed by atoms with Crippen molar-refractivity contribution in [2.24, 2.45) is 11.8 Å².